The molecule has 1 aromatic carbocycles. The smallest absolute Gasteiger partial charge is 0.243 e. The number of sulfonamides is 1. The quantitative estimate of drug-likeness (QED) is 0.471. The Morgan fingerprint density at radius 1 is 1.19 bits per heavy atom. The molecule has 0 saturated carbocycles. The summed E-state index contributed by atoms with van der Waals surface area (Å²) in [5.41, 5.74) is 1.29. The van der Waals surface area contributed by atoms with Gasteiger partial charge >= 0.3 is 0 Å². The third kappa shape index (κ3) is 6.23. The summed E-state index contributed by atoms with van der Waals surface area (Å²) in [5, 5.41) is 3.79. The second kappa shape index (κ2) is 10.8. The standard InChI is InChI=1S/C22H36N4O3S2/c1-7-11-14-26-19-13-12-17(31(28,29)25(9-3)10-4)15-18(19)23-21(26)30-16-20(27)24-22(5,6)8-2/h12-13,15H,7-11,14,16H2,1-6H3,(H,24,27). The highest BCUT2D eigenvalue weighted by Crippen LogP contribution is 2.28. The van der Waals surface area contributed by atoms with E-state index >= 15 is 0 Å². The summed E-state index contributed by atoms with van der Waals surface area (Å²) < 4.78 is 29.4. The molecule has 9 heteroatoms. The van der Waals surface area contributed by atoms with Gasteiger partial charge in [-0.3, -0.25) is 4.79 Å². The summed E-state index contributed by atoms with van der Waals surface area (Å²) >= 11 is 1.39. The highest BCUT2D eigenvalue weighted by Gasteiger charge is 2.24. The van der Waals surface area contributed by atoms with Crippen LogP contribution in [-0.2, 0) is 21.4 Å². The largest absolute Gasteiger partial charge is 0.351 e. The van der Waals surface area contributed by atoms with Gasteiger partial charge in [-0.2, -0.15) is 4.31 Å². The second-order valence-electron chi connectivity index (χ2n) is 8.21. The zero-order valence-corrected chi connectivity index (χ0v) is 21.2. The van der Waals surface area contributed by atoms with Crippen molar-refractivity contribution in [2.24, 2.45) is 0 Å². The molecule has 2 rings (SSSR count). The molecule has 1 aromatic heterocycles. The zero-order valence-electron chi connectivity index (χ0n) is 19.6. The van der Waals surface area contributed by atoms with E-state index < -0.39 is 10.0 Å². The molecular weight excluding hydrogens is 432 g/mol. The summed E-state index contributed by atoms with van der Waals surface area (Å²) in [6.45, 7) is 13.5. The first-order valence-corrected chi connectivity index (χ1v) is 13.5. The minimum atomic E-state index is -3.55. The van der Waals surface area contributed by atoms with Gasteiger partial charge in [0.1, 0.15) is 0 Å². The Labute approximate surface area is 191 Å². The Morgan fingerprint density at radius 3 is 2.45 bits per heavy atom. The number of aryl methyl sites for hydroxylation is 1. The van der Waals surface area contributed by atoms with Crippen LogP contribution in [0.5, 0.6) is 0 Å². The molecular formula is C22H36N4O3S2. The highest BCUT2D eigenvalue weighted by atomic mass is 32.2. The molecule has 2 aromatic rings. The van der Waals surface area contributed by atoms with Gasteiger partial charge in [0.15, 0.2) is 5.16 Å². The summed E-state index contributed by atoms with van der Waals surface area (Å²) in [5.74, 6) is 0.236. The van der Waals surface area contributed by atoms with E-state index in [9.17, 15) is 13.2 Å². The van der Waals surface area contributed by atoms with Gasteiger partial charge < -0.3 is 9.88 Å². The Hall–Kier alpha value is -1.58. The van der Waals surface area contributed by atoms with E-state index in [1.165, 1.54) is 16.1 Å². The van der Waals surface area contributed by atoms with Crippen LogP contribution in [0.4, 0.5) is 0 Å². The number of rotatable bonds is 12. The number of carbonyl (C=O) groups excluding carboxylic acids is 1. The van der Waals surface area contributed by atoms with Gasteiger partial charge in [0.2, 0.25) is 15.9 Å². The van der Waals surface area contributed by atoms with Crippen molar-refractivity contribution in [2.45, 2.75) is 82.9 Å². The molecule has 0 bridgehead atoms. The number of carbonyl (C=O) groups is 1. The van der Waals surface area contributed by atoms with Crippen LogP contribution >= 0.6 is 11.8 Å². The van der Waals surface area contributed by atoms with Gasteiger partial charge in [-0.1, -0.05) is 45.9 Å². The number of hydrogen-bond donors (Lipinski definition) is 1. The van der Waals surface area contributed by atoms with Gasteiger partial charge in [-0.05, 0) is 44.9 Å². The number of nitrogens with one attached hydrogen (secondary N) is 1. The van der Waals surface area contributed by atoms with Crippen molar-refractivity contribution in [2.75, 3.05) is 18.8 Å². The fourth-order valence-electron chi connectivity index (χ4n) is 3.24. The average molecular weight is 469 g/mol. The van der Waals surface area contributed by atoms with Gasteiger partial charge in [-0.15, -0.1) is 0 Å². The van der Waals surface area contributed by atoms with E-state index in [0.29, 0.717) is 18.6 Å². The normalized spacial score (nSPS) is 12.6. The number of hydrogen-bond acceptors (Lipinski definition) is 5. The third-order valence-electron chi connectivity index (χ3n) is 5.46. The topological polar surface area (TPSA) is 84.3 Å². The average Bonchev–Trinajstić information content (AvgIpc) is 3.07. The second-order valence-corrected chi connectivity index (χ2v) is 11.1. The maximum Gasteiger partial charge on any atom is 0.243 e. The van der Waals surface area contributed by atoms with E-state index in [0.717, 1.165) is 36.5 Å². The van der Waals surface area contributed by atoms with E-state index in [4.69, 9.17) is 4.98 Å². The number of thioether (sulfide) groups is 1. The number of benzene rings is 1. The lowest BCUT2D eigenvalue weighted by molar-refractivity contribution is -0.120. The van der Waals surface area contributed by atoms with Crippen molar-refractivity contribution < 1.29 is 13.2 Å². The first kappa shape index (κ1) is 25.7. The van der Waals surface area contributed by atoms with Gasteiger partial charge in [0.05, 0.1) is 21.7 Å². The van der Waals surface area contributed by atoms with Crippen LogP contribution in [0.1, 0.15) is 60.8 Å². The molecule has 0 unspecified atom stereocenters. The molecule has 1 heterocycles. The number of imidazole rings is 1. The summed E-state index contributed by atoms with van der Waals surface area (Å²) in [4.78, 5) is 17.4. The summed E-state index contributed by atoms with van der Waals surface area (Å²) in [7, 11) is -3.55. The van der Waals surface area contributed by atoms with Crippen molar-refractivity contribution in [3.63, 3.8) is 0 Å². The highest BCUT2D eigenvalue weighted by molar-refractivity contribution is 7.99. The van der Waals surface area contributed by atoms with Crippen LogP contribution < -0.4 is 5.32 Å². The van der Waals surface area contributed by atoms with Crippen molar-refractivity contribution >= 4 is 38.7 Å². The number of aromatic nitrogens is 2. The number of amides is 1. The maximum atomic E-state index is 12.9. The first-order valence-electron chi connectivity index (χ1n) is 11.0. The lowest BCUT2D eigenvalue weighted by Crippen LogP contribution is -2.43. The van der Waals surface area contributed by atoms with Crippen molar-refractivity contribution in [1.82, 2.24) is 19.2 Å². The van der Waals surface area contributed by atoms with Gasteiger partial charge in [0, 0.05) is 25.2 Å². The van der Waals surface area contributed by atoms with Crippen LogP contribution in [0, 0.1) is 0 Å². The first-order chi connectivity index (χ1) is 14.6. The van der Waals surface area contributed by atoms with Crippen LogP contribution in [-0.4, -0.2) is 52.6 Å². The SMILES string of the molecule is CCCCn1c(SCC(=O)NC(C)(C)CC)nc2cc(S(=O)(=O)N(CC)CC)ccc21. The molecule has 0 aliphatic rings. The van der Waals surface area contributed by atoms with Crippen LogP contribution in [0.25, 0.3) is 11.0 Å². The molecule has 31 heavy (non-hydrogen) atoms. The lowest BCUT2D eigenvalue weighted by Gasteiger charge is -2.24. The van der Waals surface area contributed by atoms with Crippen LogP contribution in [0.2, 0.25) is 0 Å². The predicted molar refractivity (Wildman–Crippen MR) is 128 cm³/mol. The Kier molecular flexibility index (Phi) is 8.97. The molecule has 174 valence electrons. The maximum absolute atomic E-state index is 12.9. The van der Waals surface area contributed by atoms with Crippen molar-refractivity contribution in [3.8, 4) is 0 Å². The fraction of sp³-hybridized carbons (Fsp3) is 0.636. The predicted octanol–water partition coefficient (Wildman–Crippen LogP) is 4.26. The lowest BCUT2D eigenvalue weighted by atomic mass is 10.0. The minimum Gasteiger partial charge on any atom is -0.351 e. The zero-order chi connectivity index (χ0) is 23.2. The van der Waals surface area contributed by atoms with Gasteiger partial charge in [-0.25, -0.2) is 13.4 Å². The molecule has 0 radical (unpaired) electrons. The summed E-state index contributed by atoms with van der Waals surface area (Å²) in [6.07, 6.45) is 2.86. The molecule has 0 aliphatic heterocycles. The number of unbranched alkanes of at least 4 members (excludes halogenated alkanes) is 1. The molecule has 0 fully saturated rings. The Balaban J connectivity index is 2.36. The number of fused-ring (bicyclic) bond motifs is 1. The van der Waals surface area contributed by atoms with E-state index in [1.54, 1.807) is 12.1 Å². The molecule has 1 N–H and O–H groups in total. The Morgan fingerprint density at radius 2 is 1.87 bits per heavy atom. The molecule has 1 amide bonds. The number of nitrogens with zero attached hydrogens (tertiary/aromatic N) is 3. The monoisotopic (exact) mass is 468 g/mol. The third-order valence-corrected chi connectivity index (χ3v) is 8.48. The minimum absolute atomic E-state index is 0.0317. The Bertz CT molecular complexity index is 996. The molecule has 7 nitrogen and oxygen atoms in total. The van der Waals surface area contributed by atoms with E-state index in [-0.39, 0.29) is 22.1 Å². The molecule has 0 saturated heterocycles. The molecule has 0 aliphatic carbocycles. The van der Waals surface area contributed by atoms with Crippen LogP contribution in [0.15, 0.2) is 28.3 Å². The van der Waals surface area contributed by atoms with Crippen LogP contribution in [0.3, 0.4) is 0 Å². The fourth-order valence-corrected chi connectivity index (χ4v) is 5.55. The van der Waals surface area contributed by atoms with Crippen molar-refractivity contribution in [1.29, 1.82) is 0 Å². The summed E-state index contributed by atoms with van der Waals surface area (Å²) in [6, 6.07) is 5.14. The van der Waals surface area contributed by atoms with E-state index in [2.05, 4.69) is 16.8 Å². The van der Waals surface area contributed by atoms with Crippen molar-refractivity contribution in [3.05, 3.63) is 18.2 Å². The molecule has 0 atom stereocenters. The molecule has 0 spiro atoms. The van der Waals surface area contributed by atoms with Gasteiger partial charge in [0.25, 0.3) is 0 Å². The van der Waals surface area contributed by atoms with E-state index in [1.807, 2.05) is 40.7 Å².